The van der Waals surface area contributed by atoms with Crippen molar-refractivity contribution in [2.75, 3.05) is 6.61 Å². The molecule has 3 aromatic rings. The highest BCUT2D eigenvalue weighted by atomic mass is 35.5. The lowest BCUT2D eigenvalue weighted by Gasteiger charge is -2.16. The fourth-order valence-electron chi connectivity index (χ4n) is 2.97. The third kappa shape index (κ3) is 2.68. The van der Waals surface area contributed by atoms with Crippen LogP contribution >= 0.6 is 11.6 Å². The molecule has 4 atom stereocenters. The smallest absolute Gasteiger partial charge is 0.166 e. The molecule has 25 heavy (non-hydrogen) atoms. The number of benzene rings is 1. The first kappa shape index (κ1) is 16.4. The second-order valence-corrected chi connectivity index (χ2v) is 6.22. The van der Waals surface area contributed by atoms with Gasteiger partial charge < -0.3 is 20.1 Å². The lowest BCUT2D eigenvalue weighted by molar-refractivity contribution is -0.0511. The van der Waals surface area contributed by atoms with Crippen molar-refractivity contribution in [2.24, 2.45) is 0 Å². The highest BCUT2D eigenvalue weighted by Gasteiger charge is 2.44. The van der Waals surface area contributed by atoms with Gasteiger partial charge in [0.1, 0.15) is 35.8 Å². The van der Waals surface area contributed by atoms with Crippen LogP contribution in [0.2, 0.25) is 5.02 Å². The van der Waals surface area contributed by atoms with Crippen LogP contribution in [0.5, 0.6) is 0 Å². The van der Waals surface area contributed by atoms with Crippen LogP contribution in [-0.2, 0) is 4.74 Å². The molecule has 1 fully saturated rings. The highest BCUT2D eigenvalue weighted by molar-refractivity contribution is 6.30. The van der Waals surface area contributed by atoms with E-state index in [2.05, 4.69) is 15.0 Å². The Morgan fingerprint density at radius 1 is 1.08 bits per heavy atom. The largest absolute Gasteiger partial charge is 0.394 e. The first-order valence-electron chi connectivity index (χ1n) is 7.66. The number of halogens is 1. The van der Waals surface area contributed by atoms with Crippen LogP contribution in [-0.4, -0.2) is 59.8 Å². The number of rotatable bonds is 3. The Morgan fingerprint density at radius 3 is 2.52 bits per heavy atom. The van der Waals surface area contributed by atoms with Gasteiger partial charge in [-0.05, 0) is 12.1 Å². The van der Waals surface area contributed by atoms with Crippen LogP contribution in [0.15, 0.2) is 36.9 Å². The normalized spacial score (nSPS) is 26.4. The van der Waals surface area contributed by atoms with E-state index in [1.165, 1.54) is 17.2 Å². The number of fused-ring (bicyclic) bond motifs is 1. The second-order valence-electron chi connectivity index (χ2n) is 5.78. The van der Waals surface area contributed by atoms with E-state index in [0.717, 1.165) is 5.56 Å². The highest BCUT2D eigenvalue weighted by Crippen LogP contribution is 2.33. The molecular formula is C16H15ClN4O4. The number of imidazole rings is 1. The zero-order valence-corrected chi connectivity index (χ0v) is 13.7. The quantitative estimate of drug-likeness (QED) is 0.630. The van der Waals surface area contributed by atoms with Gasteiger partial charge in [-0.2, -0.15) is 0 Å². The monoisotopic (exact) mass is 362 g/mol. The molecule has 4 rings (SSSR count). The SMILES string of the molecule is OC[C@H]1OC(n2cnc3c(-c4ccc(Cl)cc4)ncnc32)[C@H](O)[C@@H]1O. The van der Waals surface area contributed by atoms with E-state index in [9.17, 15) is 15.3 Å². The lowest BCUT2D eigenvalue weighted by atomic mass is 10.1. The molecule has 1 unspecified atom stereocenters. The van der Waals surface area contributed by atoms with E-state index in [4.69, 9.17) is 16.3 Å². The summed E-state index contributed by atoms with van der Waals surface area (Å²) in [6.45, 7) is -0.396. The summed E-state index contributed by atoms with van der Waals surface area (Å²) in [5.74, 6) is 0. The van der Waals surface area contributed by atoms with Crippen LogP contribution < -0.4 is 0 Å². The Labute approximate surface area is 147 Å². The summed E-state index contributed by atoms with van der Waals surface area (Å²) in [4.78, 5) is 12.9. The fraction of sp³-hybridized carbons (Fsp3) is 0.312. The van der Waals surface area contributed by atoms with Gasteiger partial charge in [0.05, 0.1) is 12.9 Å². The van der Waals surface area contributed by atoms with Crippen LogP contribution in [0.4, 0.5) is 0 Å². The summed E-state index contributed by atoms with van der Waals surface area (Å²) in [5, 5.41) is 30.0. The fourth-order valence-corrected chi connectivity index (χ4v) is 3.09. The van der Waals surface area contributed by atoms with Gasteiger partial charge in [0, 0.05) is 10.6 Å². The maximum atomic E-state index is 10.2. The average molecular weight is 363 g/mol. The van der Waals surface area contributed by atoms with E-state index in [0.29, 0.717) is 21.9 Å². The van der Waals surface area contributed by atoms with Crippen LogP contribution in [0, 0.1) is 0 Å². The molecule has 130 valence electrons. The Hall–Kier alpha value is -2.10. The number of aromatic nitrogens is 4. The van der Waals surface area contributed by atoms with E-state index in [-0.39, 0.29) is 0 Å². The molecule has 1 aliphatic rings. The number of hydrogen-bond donors (Lipinski definition) is 3. The molecule has 3 N–H and O–H groups in total. The van der Waals surface area contributed by atoms with Gasteiger partial charge in [-0.3, -0.25) is 4.57 Å². The van der Waals surface area contributed by atoms with E-state index in [1.54, 1.807) is 12.1 Å². The van der Waals surface area contributed by atoms with Crippen molar-refractivity contribution in [1.29, 1.82) is 0 Å². The summed E-state index contributed by atoms with van der Waals surface area (Å²) >= 11 is 5.92. The Kier molecular flexibility index (Phi) is 4.14. The molecule has 8 nitrogen and oxygen atoms in total. The van der Waals surface area contributed by atoms with Gasteiger partial charge in [-0.1, -0.05) is 23.7 Å². The van der Waals surface area contributed by atoms with Crippen molar-refractivity contribution < 1.29 is 20.1 Å². The molecule has 0 spiro atoms. The number of ether oxygens (including phenoxy) is 1. The summed E-state index contributed by atoms with van der Waals surface area (Å²) < 4.78 is 7.07. The zero-order chi connectivity index (χ0) is 17.6. The standard InChI is InChI=1S/C16H15ClN4O4/c17-9-3-1-8(2-4-9)11-12-15(19-6-18-11)21(7-20-12)16-14(24)13(23)10(5-22)25-16/h1-4,6-7,10,13-14,16,22-24H,5H2/t10-,13-,14-,16?/m1/s1. The summed E-state index contributed by atoms with van der Waals surface area (Å²) in [5.41, 5.74) is 2.42. The number of hydrogen-bond acceptors (Lipinski definition) is 7. The van der Waals surface area contributed by atoms with Crippen molar-refractivity contribution >= 4 is 22.8 Å². The maximum absolute atomic E-state index is 10.2. The predicted molar refractivity (Wildman–Crippen MR) is 88.8 cm³/mol. The molecule has 0 amide bonds. The van der Waals surface area contributed by atoms with Crippen LogP contribution in [0.25, 0.3) is 22.4 Å². The molecule has 0 saturated carbocycles. The van der Waals surface area contributed by atoms with Crippen molar-refractivity contribution in [1.82, 2.24) is 19.5 Å². The zero-order valence-electron chi connectivity index (χ0n) is 12.9. The van der Waals surface area contributed by atoms with Gasteiger partial charge in [-0.15, -0.1) is 0 Å². The van der Waals surface area contributed by atoms with Gasteiger partial charge in [0.2, 0.25) is 0 Å². The molecule has 0 radical (unpaired) electrons. The molecule has 0 aliphatic carbocycles. The minimum absolute atomic E-state index is 0.396. The minimum atomic E-state index is -1.21. The van der Waals surface area contributed by atoms with Crippen molar-refractivity contribution in [3.05, 3.63) is 41.9 Å². The molecular weight excluding hydrogens is 348 g/mol. The summed E-state index contributed by atoms with van der Waals surface area (Å²) in [6, 6.07) is 7.17. The minimum Gasteiger partial charge on any atom is -0.394 e. The third-order valence-electron chi connectivity index (χ3n) is 4.27. The van der Waals surface area contributed by atoms with E-state index in [1.807, 2.05) is 12.1 Å². The van der Waals surface area contributed by atoms with Gasteiger partial charge in [0.15, 0.2) is 11.9 Å². The molecule has 2 aromatic heterocycles. The first-order chi connectivity index (χ1) is 12.1. The average Bonchev–Trinajstić information content (AvgIpc) is 3.17. The molecule has 0 bridgehead atoms. The number of aliphatic hydroxyl groups is 3. The Morgan fingerprint density at radius 2 is 1.84 bits per heavy atom. The first-order valence-corrected chi connectivity index (χ1v) is 8.04. The Balaban J connectivity index is 1.78. The number of nitrogens with zero attached hydrogens (tertiary/aromatic N) is 4. The van der Waals surface area contributed by atoms with Crippen molar-refractivity contribution in [3.63, 3.8) is 0 Å². The van der Waals surface area contributed by atoms with Crippen molar-refractivity contribution in [2.45, 2.75) is 24.5 Å². The van der Waals surface area contributed by atoms with Gasteiger partial charge >= 0.3 is 0 Å². The lowest BCUT2D eigenvalue weighted by Crippen LogP contribution is -2.33. The Bertz CT molecular complexity index is 901. The maximum Gasteiger partial charge on any atom is 0.166 e. The summed E-state index contributed by atoms with van der Waals surface area (Å²) in [6.07, 6.45) is -1.29. The third-order valence-corrected chi connectivity index (χ3v) is 4.52. The number of aliphatic hydroxyl groups excluding tert-OH is 3. The molecule has 3 heterocycles. The van der Waals surface area contributed by atoms with Gasteiger partial charge in [-0.25, -0.2) is 15.0 Å². The molecule has 9 heteroatoms. The summed E-state index contributed by atoms with van der Waals surface area (Å²) in [7, 11) is 0. The second kappa shape index (κ2) is 6.32. The van der Waals surface area contributed by atoms with E-state index < -0.39 is 31.1 Å². The van der Waals surface area contributed by atoms with E-state index >= 15 is 0 Å². The molecule has 1 aromatic carbocycles. The molecule has 1 aliphatic heterocycles. The topological polar surface area (TPSA) is 114 Å². The van der Waals surface area contributed by atoms with Crippen LogP contribution in [0.3, 0.4) is 0 Å². The predicted octanol–water partition coefficient (Wildman–Crippen LogP) is 0.758. The molecule has 1 saturated heterocycles. The van der Waals surface area contributed by atoms with Crippen molar-refractivity contribution in [3.8, 4) is 11.3 Å². The van der Waals surface area contributed by atoms with Gasteiger partial charge in [0.25, 0.3) is 0 Å². The van der Waals surface area contributed by atoms with Crippen LogP contribution in [0.1, 0.15) is 6.23 Å².